The largest absolute Gasteiger partial charge is 0.379 e. The van der Waals surface area contributed by atoms with E-state index in [1.54, 1.807) is 18.9 Å². The summed E-state index contributed by atoms with van der Waals surface area (Å²) in [7, 11) is 0. The van der Waals surface area contributed by atoms with Gasteiger partial charge in [-0.1, -0.05) is 60.7 Å². The van der Waals surface area contributed by atoms with Gasteiger partial charge >= 0.3 is 0 Å². The zero-order valence-corrected chi connectivity index (χ0v) is 29.6. The van der Waals surface area contributed by atoms with E-state index in [0.717, 1.165) is 22.5 Å². The predicted octanol–water partition coefficient (Wildman–Crippen LogP) is 3.35. The predicted molar refractivity (Wildman–Crippen MR) is 179 cm³/mol. The van der Waals surface area contributed by atoms with Crippen molar-refractivity contribution in [3.8, 4) is 0 Å². The van der Waals surface area contributed by atoms with Crippen molar-refractivity contribution in [2.45, 2.75) is 24.3 Å². The minimum absolute atomic E-state index is 0. The fourth-order valence-electron chi connectivity index (χ4n) is 4.28. The van der Waals surface area contributed by atoms with Crippen LogP contribution in [0.5, 0.6) is 0 Å². The summed E-state index contributed by atoms with van der Waals surface area (Å²) in [6.45, 7) is 3.79. The van der Waals surface area contributed by atoms with Gasteiger partial charge in [-0.3, -0.25) is 4.79 Å². The van der Waals surface area contributed by atoms with Gasteiger partial charge in [0.1, 0.15) is 16.9 Å². The van der Waals surface area contributed by atoms with Crippen molar-refractivity contribution in [1.29, 1.82) is 0 Å². The van der Waals surface area contributed by atoms with Crippen LogP contribution in [0.15, 0.2) is 98.2 Å². The molecule has 2 aromatic carbocycles. The Morgan fingerprint density at radius 3 is 1.68 bits per heavy atom. The number of nitrogens with zero attached hydrogens (tertiary/aromatic N) is 5. The van der Waals surface area contributed by atoms with Gasteiger partial charge in [0, 0.05) is 45.9 Å². The number of rotatable bonds is 6. The number of ketones is 1. The van der Waals surface area contributed by atoms with Crippen LogP contribution in [-0.4, -0.2) is 84.7 Å². The summed E-state index contributed by atoms with van der Waals surface area (Å²) in [5, 5.41) is 19.6. The number of hydrogen-bond donors (Lipinski definition) is 3. The van der Waals surface area contributed by atoms with Gasteiger partial charge in [-0.05, 0) is 33.7 Å². The van der Waals surface area contributed by atoms with Crippen molar-refractivity contribution in [3.05, 3.63) is 132 Å². The van der Waals surface area contributed by atoms with E-state index in [2.05, 4.69) is 88.2 Å². The molecule has 0 unspecified atom stereocenters. The van der Waals surface area contributed by atoms with Crippen molar-refractivity contribution in [2.24, 2.45) is 0 Å². The molecule has 3 aliphatic heterocycles. The molecule has 8 rings (SSSR count). The van der Waals surface area contributed by atoms with Gasteiger partial charge in [0.15, 0.2) is 17.0 Å². The second kappa shape index (κ2) is 18.5. The first-order valence-electron chi connectivity index (χ1n) is 14.3. The van der Waals surface area contributed by atoms with Gasteiger partial charge in [0.25, 0.3) is 0 Å². The molecule has 47 heavy (non-hydrogen) atoms. The molecule has 0 spiro atoms. The monoisotopic (exact) mass is 847 g/mol. The van der Waals surface area contributed by atoms with Crippen molar-refractivity contribution < 1.29 is 49.6 Å². The van der Waals surface area contributed by atoms with Gasteiger partial charge in [-0.2, -0.15) is 0 Å². The van der Waals surface area contributed by atoms with Crippen molar-refractivity contribution in [2.75, 3.05) is 39.6 Å². The average Bonchev–Trinajstić information content (AvgIpc) is 3.79. The molecule has 254 valence electrons. The number of H-pyrrole nitrogens is 1. The van der Waals surface area contributed by atoms with Crippen LogP contribution in [0.1, 0.15) is 22.5 Å². The molecule has 0 bridgehead atoms. The van der Waals surface area contributed by atoms with Crippen LogP contribution in [-0.2, 0) is 63.7 Å². The number of benzene rings is 2. The van der Waals surface area contributed by atoms with E-state index >= 15 is 0 Å². The number of aliphatic hydroxyl groups is 2. The molecule has 3 saturated heterocycles. The van der Waals surface area contributed by atoms with Crippen LogP contribution in [0, 0.1) is 11.1 Å². The Morgan fingerprint density at radius 1 is 0.787 bits per heavy atom. The Kier molecular flexibility index (Phi) is 15.1. The maximum absolute atomic E-state index is 10.1. The summed E-state index contributed by atoms with van der Waals surface area (Å²) in [6, 6.07) is 20.5. The zero-order chi connectivity index (χ0) is 31.5. The fraction of sp³-hybridized carbons (Fsp3) is 0.303. The van der Waals surface area contributed by atoms with Crippen molar-refractivity contribution in [1.82, 2.24) is 29.1 Å². The van der Waals surface area contributed by atoms with Crippen LogP contribution in [0.25, 0.3) is 0 Å². The molecule has 3 N–H and O–H groups in total. The maximum atomic E-state index is 10.1. The van der Waals surface area contributed by atoms with E-state index in [9.17, 15) is 15.0 Å². The number of carbonyl (C=O) groups excluding carboxylic acids is 1. The number of Topliss-reactive ketones (excluding diaryl/α,β-unsaturated/α-hetero) is 1. The average molecular weight is 848 g/mol. The van der Waals surface area contributed by atoms with Gasteiger partial charge in [0.2, 0.25) is 0 Å². The molecular weight excluding hydrogens is 810 g/mol. The van der Waals surface area contributed by atoms with E-state index < -0.39 is 11.2 Å². The van der Waals surface area contributed by atoms with Gasteiger partial charge in [-0.25, -0.2) is 15.0 Å². The second-order valence-electron chi connectivity index (χ2n) is 10.8. The van der Waals surface area contributed by atoms with Crippen LogP contribution in [0.4, 0.5) is 0 Å². The third-order valence-corrected chi connectivity index (χ3v) is 7.57. The Bertz CT molecular complexity index is 1600. The van der Waals surface area contributed by atoms with Gasteiger partial charge < -0.3 is 46.0 Å². The van der Waals surface area contributed by atoms with E-state index in [1.807, 2.05) is 47.6 Å². The van der Waals surface area contributed by atoms with Gasteiger partial charge in [0.05, 0.1) is 63.0 Å². The molecular formula is C33H38IN6O6Pd-. The first-order chi connectivity index (χ1) is 21.8. The first-order valence-corrected chi connectivity index (χ1v) is 15.4. The number of halogens is 1. The summed E-state index contributed by atoms with van der Waals surface area (Å²) < 4.78 is 19.5. The molecule has 6 heterocycles. The smallest absolute Gasteiger partial charge is 0.184 e. The summed E-state index contributed by atoms with van der Waals surface area (Å²) in [6.07, 6.45) is 10.7. The van der Waals surface area contributed by atoms with Crippen molar-refractivity contribution in [3.63, 3.8) is 0 Å². The van der Waals surface area contributed by atoms with Crippen LogP contribution >= 0.6 is 22.6 Å². The minimum Gasteiger partial charge on any atom is -0.379 e. The Balaban J connectivity index is 0.000000179. The Hall–Kier alpha value is -3.07. The fourth-order valence-corrected chi connectivity index (χ4v) is 4.77. The molecule has 0 amide bonds. The molecule has 14 heteroatoms. The molecule has 3 fully saturated rings. The molecule has 0 atom stereocenters. The summed E-state index contributed by atoms with van der Waals surface area (Å²) in [4.78, 5) is 24.8. The number of ether oxygens (including phenoxy) is 3. The standard InChI is InChI=1S/C13H14N2O2.C10H9IN2.C6H8N2O2.C3H4O2.CH3.Pd/c16-13(8-17-9-13)12-7-15(10-14-12)6-11-4-2-1-3-5-11;11-10-7-13(8-12-10)6-9-4-2-1-3-5-9;9-6(2-10-3-6)5-1-7-4-8-5;4-3-1-5-2-3;;/h1-5,7,10,16H,6,8-9H2;1-5,7-8H,6H2;1,4,9H,2-3H2,(H,7,8);1-2H2;1H3;/q;;;;-1;. The third kappa shape index (κ3) is 11.3. The molecule has 0 radical (unpaired) electrons. The SMILES string of the molecule is Ic1cn(Cc2ccccc2)cn1.O=C1COC1.OC1(c2cn(Cc3ccccc3)cn2)COC1.OC1(c2cnc[nH]2)COC1.[CH3-].[Pd]. The Morgan fingerprint density at radius 2 is 1.30 bits per heavy atom. The quantitative estimate of drug-likeness (QED) is 0.133. The van der Waals surface area contributed by atoms with E-state index in [0.29, 0.717) is 45.3 Å². The first kappa shape index (κ1) is 38.4. The minimum atomic E-state index is -0.873. The molecule has 5 aromatic rings. The van der Waals surface area contributed by atoms with Crippen LogP contribution in [0.2, 0.25) is 0 Å². The summed E-state index contributed by atoms with van der Waals surface area (Å²) in [5.74, 6) is 0.213. The number of hydrogen-bond acceptors (Lipinski definition) is 9. The number of carbonyl (C=O) groups is 1. The number of aromatic nitrogens is 6. The molecule has 0 saturated carbocycles. The van der Waals surface area contributed by atoms with Gasteiger partial charge in [-0.15, -0.1) is 0 Å². The normalized spacial score (nSPS) is 16.3. The second-order valence-corrected chi connectivity index (χ2v) is 11.9. The molecule has 3 aliphatic rings. The van der Waals surface area contributed by atoms with E-state index in [-0.39, 0.29) is 33.6 Å². The maximum Gasteiger partial charge on any atom is 0.184 e. The van der Waals surface area contributed by atoms with Crippen LogP contribution < -0.4 is 0 Å². The zero-order valence-electron chi connectivity index (χ0n) is 25.9. The number of imidazole rings is 3. The van der Waals surface area contributed by atoms with Crippen molar-refractivity contribution >= 4 is 28.4 Å². The Labute approximate surface area is 301 Å². The third-order valence-electron chi connectivity index (χ3n) is 7.02. The number of aromatic amines is 1. The molecule has 0 aliphatic carbocycles. The van der Waals surface area contributed by atoms with Crippen LogP contribution in [0.3, 0.4) is 0 Å². The molecule has 3 aromatic heterocycles. The summed E-state index contributed by atoms with van der Waals surface area (Å²) >= 11 is 2.21. The summed E-state index contributed by atoms with van der Waals surface area (Å²) in [5.41, 5.74) is 2.28. The molecule has 12 nitrogen and oxygen atoms in total. The topological polar surface area (TPSA) is 150 Å². The van der Waals surface area contributed by atoms with E-state index in [4.69, 9.17) is 9.47 Å². The van der Waals surface area contributed by atoms with E-state index in [1.165, 1.54) is 11.1 Å². The number of nitrogens with one attached hydrogen (secondary N) is 1.